The van der Waals surface area contributed by atoms with Crippen LogP contribution in [0.3, 0.4) is 0 Å². The van der Waals surface area contributed by atoms with E-state index in [-0.39, 0.29) is 0 Å². The smallest absolute Gasteiger partial charge is 0.133 e. The summed E-state index contributed by atoms with van der Waals surface area (Å²) in [6.45, 7) is 8.03. The Morgan fingerprint density at radius 1 is 1.10 bits per heavy atom. The minimum atomic E-state index is 0.858. The van der Waals surface area contributed by atoms with Gasteiger partial charge in [0.1, 0.15) is 5.82 Å². The minimum Gasteiger partial charge on any atom is -0.352 e. The Bertz CT molecular complexity index is 527. The first-order chi connectivity index (χ1) is 10.3. The Balaban J connectivity index is 2.13. The molecule has 4 heteroatoms. The van der Waals surface area contributed by atoms with Crippen LogP contribution in [0.4, 0.5) is 5.82 Å². The topological polar surface area (TPSA) is 41.1 Å². The van der Waals surface area contributed by atoms with Crippen LogP contribution in [0.25, 0.3) is 0 Å². The van der Waals surface area contributed by atoms with Crippen molar-refractivity contribution < 1.29 is 0 Å². The van der Waals surface area contributed by atoms with E-state index in [1.54, 1.807) is 0 Å². The molecule has 0 aliphatic carbocycles. The highest BCUT2D eigenvalue weighted by atomic mass is 15.2. The van der Waals surface area contributed by atoms with Crippen molar-refractivity contribution in [3.8, 4) is 0 Å². The molecule has 0 saturated carbocycles. The van der Waals surface area contributed by atoms with Gasteiger partial charge >= 0.3 is 0 Å². The van der Waals surface area contributed by atoms with Crippen molar-refractivity contribution in [3.63, 3.8) is 0 Å². The van der Waals surface area contributed by atoms with Crippen LogP contribution in [0, 0.1) is 0 Å². The van der Waals surface area contributed by atoms with Crippen LogP contribution in [0.15, 0.2) is 42.9 Å². The first-order valence-electron chi connectivity index (χ1n) is 7.63. The number of anilines is 1. The summed E-state index contributed by atoms with van der Waals surface area (Å²) in [5.41, 5.74) is 2.51. The lowest BCUT2D eigenvalue weighted by Gasteiger charge is -2.24. The molecule has 0 amide bonds. The number of nitrogens with one attached hydrogen (secondary N) is 1. The third kappa shape index (κ3) is 4.53. The molecule has 2 aromatic heterocycles. The van der Waals surface area contributed by atoms with E-state index >= 15 is 0 Å². The van der Waals surface area contributed by atoms with Crippen molar-refractivity contribution in [1.29, 1.82) is 0 Å². The quantitative estimate of drug-likeness (QED) is 0.757. The predicted molar refractivity (Wildman–Crippen MR) is 87.2 cm³/mol. The Hall–Kier alpha value is -1.94. The summed E-state index contributed by atoms with van der Waals surface area (Å²) in [5, 5.41) is 3.46. The average molecular weight is 284 g/mol. The lowest BCUT2D eigenvalue weighted by molar-refractivity contribution is 0.669. The molecule has 2 heterocycles. The molecule has 0 aromatic carbocycles. The fourth-order valence-electron chi connectivity index (χ4n) is 2.30. The fraction of sp³-hybridized carbons (Fsp3) is 0.412. The van der Waals surface area contributed by atoms with Crippen LogP contribution in [0.2, 0.25) is 0 Å². The van der Waals surface area contributed by atoms with Gasteiger partial charge in [-0.15, -0.1) is 0 Å². The molecule has 0 atom stereocenters. The van der Waals surface area contributed by atoms with Crippen molar-refractivity contribution in [2.24, 2.45) is 0 Å². The van der Waals surface area contributed by atoms with Gasteiger partial charge in [-0.3, -0.25) is 4.98 Å². The summed E-state index contributed by atoms with van der Waals surface area (Å²) in [4.78, 5) is 11.0. The molecule has 0 fully saturated rings. The average Bonchev–Trinajstić information content (AvgIpc) is 2.54. The van der Waals surface area contributed by atoms with Crippen LogP contribution in [0.1, 0.15) is 31.4 Å². The summed E-state index contributed by atoms with van der Waals surface area (Å²) >= 11 is 0. The molecule has 0 radical (unpaired) electrons. The molecule has 1 N–H and O–H groups in total. The number of pyridine rings is 2. The van der Waals surface area contributed by atoms with Gasteiger partial charge in [0.2, 0.25) is 0 Å². The van der Waals surface area contributed by atoms with E-state index in [9.17, 15) is 0 Å². The van der Waals surface area contributed by atoms with Gasteiger partial charge in [0.25, 0.3) is 0 Å². The Morgan fingerprint density at radius 2 is 1.90 bits per heavy atom. The molecule has 0 aliphatic rings. The van der Waals surface area contributed by atoms with Crippen molar-refractivity contribution in [2.75, 3.05) is 18.0 Å². The van der Waals surface area contributed by atoms with Crippen LogP contribution < -0.4 is 10.2 Å². The second-order valence-electron chi connectivity index (χ2n) is 5.03. The predicted octanol–water partition coefficient (Wildman–Crippen LogP) is 3.00. The van der Waals surface area contributed by atoms with Gasteiger partial charge in [-0.25, -0.2) is 4.98 Å². The van der Waals surface area contributed by atoms with E-state index in [0.29, 0.717) is 0 Å². The summed E-state index contributed by atoms with van der Waals surface area (Å²) < 4.78 is 0. The third-order valence-corrected chi connectivity index (χ3v) is 3.41. The van der Waals surface area contributed by atoms with Crippen molar-refractivity contribution in [2.45, 2.75) is 33.4 Å². The number of rotatable bonds is 8. The fourth-order valence-corrected chi connectivity index (χ4v) is 2.30. The molecule has 2 aromatic rings. The normalized spacial score (nSPS) is 10.6. The number of hydrogen-bond donors (Lipinski definition) is 1. The van der Waals surface area contributed by atoms with E-state index in [1.807, 2.05) is 24.7 Å². The molecular formula is C17H24N4. The van der Waals surface area contributed by atoms with Gasteiger partial charge in [0.05, 0.1) is 0 Å². The van der Waals surface area contributed by atoms with Gasteiger partial charge in [-0.2, -0.15) is 0 Å². The van der Waals surface area contributed by atoms with E-state index in [1.165, 1.54) is 11.1 Å². The van der Waals surface area contributed by atoms with Gasteiger partial charge in [0, 0.05) is 43.8 Å². The van der Waals surface area contributed by atoms with Gasteiger partial charge in [0.15, 0.2) is 0 Å². The van der Waals surface area contributed by atoms with E-state index in [0.717, 1.165) is 38.4 Å². The number of hydrogen-bond acceptors (Lipinski definition) is 4. The zero-order chi connectivity index (χ0) is 14.9. The second kappa shape index (κ2) is 8.37. The molecular weight excluding hydrogens is 260 g/mol. The van der Waals surface area contributed by atoms with Gasteiger partial charge in [-0.1, -0.05) is 13.0 Å². The standard InChI is InChI=1S/C17H24N4/c1-3-9-19-13-16-6-5-10-20-17(16)21(4-2)14-15-7-11-18-12-8-15/h5-8,10-12,19H,3-4,9,13-14H2,1-2H3. The highest BCUT2D eigenvalue weighted by Crippen LogP contribution is 2.19. The highest BCUT2D eigenvalue weighted by Gasteiger charge is 2.11. The maximum atomic E-state index is 4.60. The first-order valence-corrected chi connectivity index (χ1v) is 7.63. The van der Waals surface area contributed by atoms with Crippen molar-refractivity contribution >= 4 is 5.82 Å². The second-order valence-corrected chi connectivity index (χ2v) is 5.03. The maximum Gasteiger partial charge on any atom is 0.133 e. The zero-order valence-electron chi connectivity index (χ0n) is 12.9. The molecule has 21 heavy (non-hydrogen) atoms. The molecule has 0 spiro atoms. The summed E-state index contributed by atoms with van der Waals surface area (Å²) in [6.07, 6.45) is 6.69. The lowest BCUT2D eigenvalue weighted by atomic mass is 10.2. The minimum absolute atomic E-state index is 0.858. The molecule has 2 rings (SSSR count). The summed E-state index contributed by atoms with van der Waals surface area (Å²) in [6, 6.07) is 8.27. The van der Waals surface area contributed by atoms with Gasteiger partial charge in [-0.05, 0) is 43.7 Å². The van der Waals surface area contributed by atoms with Crippen molar-refractivity contribution in [3.05, 3.63) is 54.0 Å². The molecule has 112 valence electrons. The Kier molecular flexibility index (Phi) is 6.16. The SMILES string of the molecule is CCCNCc1cccnc1N(CC)Cc1ccncc1. The van der Waals surface area contributed by atoms with Crippen LogP contribution in [-0.4, -0.2) is 23.1 Å². The van der Waals surface area contributed by atoms with Crippen LogP contribution in [-0.2, 0) is 13.1 Å². The molecule has 0 aliphatic heterocycles. The first kappa shape index (κ1) is 15.4. The number of aromatic nitrogens is 2. The highest BCUT2D eigenvalue weighted by molar-refractivity contribution is 5.47. The lowest BCUT2D eigenvalue weighted by Crippen LogP contribution is -2.26. The largest absolute Gasteiger partial charge is 0.352 e. The molecule has 0 unspecified atom stereocenters. The summed E-state index contributed by atoms with van der Waals surface area (Å²) in [7, 11) is 0. The molecule has 0 bridgehead atoms. The molecule has 0 saturated heterocycles. The third-order valence-electron chi connectivity index (χ3n) is 3.41. The van der Waals surface area contributed by atoms with Crippen LogP contribution in [0.5, 0.6) is 0 Å². The van der Waals surface area contributed by atoms with Crippen LogP contribution >= 0.6 is 0 Å². The molecule has 4 nitrogen and oxygen atoms in total. The number of nitrogens with zero attached hydrogens (tertiary/aromatic N) is 3. The van der Waals surface area contributed by atoms with Crippen molar-refractivity contribution in [1.82, 2.24) is 15.3 Å². The van der Waals surface area contributed by atoms with E-state index in [4.69, 9.17) is 0 Å². The monoisotopic (exact) mass is 284 g/mol. The zero-order valence-corrected chi connectivity index (χ0v) is 12.9. The Morgan fingerprint density at radius 3 is 2.62 bits per heavy atom. The Labute approximate surface area is 127 Å². The van der Waals surface area contributed by atoms with Gasteiger partial charge < -0.3 is 10.2 Å². The maximum absolute atomic E-state index is 4.60. The van der Waals surface area contributed by atoms with E-state index in [2.05, 4.69) is 52.2 Å². The van der Waals surface area contributed by atoms with E-state index < -0.39 is 0 Å². The summed E-state index contributed by atoms with van der Waals surface area (Å²) in [5.74, 6) is 1.07.